The van der Waals surface area contributed by atoms with Gasteiger partial charge in [0.15, 0.2) is 0 Å². The molecule has 1 N–H and O–H groups in total. The topological polar surface area (TPSA) is 86.8 Å². The Morgan fingerprint density at radius 2 is 1.59 bits per heavy atom. The fourth-order valence-electron chi connectivity index (χ4n) is 5.11. The highest BCUT2D eigenvalue weighted by Gasteiger charge is 2.34. The van der Waals surface area contributed by atoms with E-state index >= 15 is 0 Å². The van der Waals surface area contributed by atoms with Gasteiger partial charge >= 0.3 is 0 Å². The molecule has 4 rings (SSSR count). The molecule has 1 aliphatic carbocycles. The number of halogens is 2. The lowest BCUT2D eigenvalue weighted by atomic mass is 9.95. The van der Waals surface area contributed by atoms with Gasteiger partial charge in [0.1, 0.15) is 18.4 Å². The first kappa shape index (κ1) is 30.7. The number of anilines is 1. The maximum absolute atomic E-state index is 14.1. The van der Waals surface area contributed by atoms with Gasteiger partial charge in [-0.25, -0.2) is 12.8 Å². The Kier molecular flexibility index (Phi) is 10.6. The smallest absolute Gasteiger partial charge is 0.264 e. The van der Waals surface area contributed by atoms with Crippen molar-refractivity contribution in [3.05, 3.63) is 94.7 Å². The summed E-state index contributed by atoms with van der Waals surface area (Å²) in [5.41, 5.74) is 0.941. The van der Waals surface area contributed by atoms with Crippen molar-refractivity contribution in [3.8, 4) is 0 Å². The van der Waals surface area contributed by atoms with E-state index in [4.69, 9.17) is 0 Å². The fourth-order valence-corrected chi connectivity index (χ4v) is 6.81. The maximum Gasteiger partial charge on any atom is 0.264 e. The molecular formula is C31H35BrFN3O4S. The molecule has 0 aliphatic heterocycles. The van der Waals surface area contributed by atoms with Crippen LogP contribution in [0.25, 0.3) is 0 Å². The van der Waals surface area contributed by atoms with Gasteiger partial charge in [-0.05, 0) is 73.4 Å². The molecule has 0 heterocycles. The average molecular weight is 645 g/mol. The van der Waals surface area contributed by atoms with Crippen LogP contribution in [-0.4, -0.2) is 43.8 Å². The van der Waals surface area contributed by atoms with Crippen molar-refractivity contribution < 1.29 is 22.4 Å². The molecule has 7 nitrogen and oxygen atoms in total. The van der Waals surface area contributed by atoms with E-state index in [0.29, 0.717) is 17.7 Å². The van der Waals surface area contributed by atoms with E-state index in [0.717, 1.165) is 40.9 Å². The molecule has 218 valence electrons. The summed E-state index contributed by atoms with van der Waals surface area (Å²) in [6.45, 7) is 1.33. The molecule has 3 aromatic carbocycles. The molecule has 0 radical (unpaired) electrons. The van der Waals surface area contributed by atoms with Crippen LogP contribution in [0.1, 0.15) is 51.0 Å². The highest BCUT2D eigenvalue weighted by atomic mass is 79.9. The van der Waals surface area contributed by atoms with Gasteiger partial charge in [-0.2, -0.15) is 0 Å². The fraction of sp³-hybridized carbons (Fsp3) is 0.355. The van der Waals surface area contributed by atoms with Crippen LogP contribution in [0.15, 0.2) is 88.2 Å². The van der Waals surface area contributed by atoms with Gasteiger partial charge in [0.2, 0.25) is 11.8 Å². The molecule has 1 atom stereocenters. The van der Waals surface area contributed by atoms with E-state index in [2.05, 4.69) is 21.2 Å². The van der Waals surface area contributed by atoms with Crippen LogP contribution in [0.4, 0.5) is 10.1 Å². The van der Waals surface area contributed by atoms with Crippen LogP contribution >= 0.6 is 15.9 Å². The van der Waals surface area contributed by atoms with Crippen LogP contribution in [0.3, 0.4) is 0 Å². The predicted octanol–water partition coefficient (Wildman–Crippen LogP) is 6.04. The third-order valence-corrected chi connectivity index (χ3v) is 9.65. The summed E-state index contributed by atoms with van der Waals surface area (Å²) in [6, 6.07) is 19.5. The monoisotopic (exact) mass is 643 g/mol. The zero-order chi connectivity index (χ0) is 29.4. The normalized spacial score (nSPS) is 14.7. The summed E-state index contributed by atoms with van der Waals surface area (Å²) in [6.07, 6.45) is 5.33. The van der Waals surface area contributed by atoms with Gasteiger partial charge in [0.05, 0.1) is 10.6 Å². The number of nitrogens with zero attached hydrogens (tertiary/aromatic N) is 2. The largest absolute Gasteiger partial charge is 0.352 e. The van der Waals surface area contributed by atoms with Crippen molar-refractivity contribution in [3.63, 3.8) is 0 Å². The lowest BCUT2D eigenvalue weighted by molar-refractivity contribution is -0.140. The summed E-state index contributed by atoms with van der Waals surface area (Å²) >= 11 is 3.38. The number of sulfonamides is 1. The Balaban J connectivity index is 1.68. The summed E-state index contributed by atoms with van der Waals surface area (Å²) in [5.74, 6) is -1.22. The Morgan fingerprint density at radius 3 is 2.20 bits per heavy atom. The van der Waals surface area contributed by atoms with E-state index in [1.807, 2.05) is 6.92 Å². The van der Waals surface area contributed by atoms with Crippen molar-refractivity contribution in [1.29, 1.82) is 0 Å². The number of carbonyl (C=O) groups excluding carboxylic acids is 2. The summed E-state index contributed by atoms with van der Waals surface area (Å²) < 4.78 is 43.1. The van der Waals surface area contributed by atoms with Crippen molar-refractivity contribution in [2.75, 3.05) is 10.8 Å². The van der Waals surface area contributed by atoms with E-state index in [1.54, 1.807) is 54.6 Å². The maximum atomic E-state index is 14.1. The van der Waals surface area contributed by atoms with E-state index in [1.165, 1.54) is 29.2 Å². The quantitative estimate of drug-likeness (QED) is 0.276. The molecule has 41 heavy (non-hydrogen) atoms. The van der Waals surface area contributed by atoms with Crippen molar-refractivity contribution in [1.82, 2.24) is 10.2 Å². The first-order chi connectivity index (χ1) is 19.7. The van der Waals surface area contributed by atoms with Gasteiger partial charge in [0.25, 0.3) is 10.0 Å². The number of hydrogen-bond acceptors (Lipinski definition) is 4. The number of nitrogens with one attached hydrogen (secondary N) is 1. The Labute approximate surface area is 249 Å². The molecule has 2 amide bonds. The first-order valence-electron chi connectivity index (χ1n) is 13.9. The Hall–Kier alpha value is -3.24. The SMILES string of the molecule is CC[C@H](C(=O)NC1CCCCC1)N(Cc1ccc(F)cc1)C(=O)CN(c1ccc(Br)cc1)S(=O)(=O)c1ccccc1. The van der Waals surface area contributed by atoms with E-state index < -0.39 is 34.3 Å². The van der Waals surface area contributed by atoms with Gasteiger partial charge in [-0.15, -0.1) is 0 Å². The number of benzene rings is 3. The third-order valence-electron chi connectivity index (χ3n) is 7.33. The highest BCUT2D eigenvalue weighted by molar-refractivity contribution is 9.10. The molecule has 0 aromatic heterocycles. The number of rotatable bonds is 11. The minimum absolute atomic E-state index is 0.0231. The minimum Gasteiger partial charge on any atom is -0.352 e. The van der Waals surface area contributed by atoms with Crippen LogP contribution in [0.5, 0.6) is 0 Å². The summed E-state index contributed by atoms with van der Waals surface area (Å²) in [5, 5.41) is 3.12. The van der Waals surface area contributed by atoms with Crippen LogP contribution < -0.4 is 9.62 Å². The molecule has 1 saturated carbocycles. The van der Waals surface area contributed by atoms with Crippen molar-refractivity contribution in [2.24, 2.45) is 0 Å². The summed E-state index contributed by atoms with van der Waals surface area (Å²) in [4.78, 5) is 29.1. The second-order valence-electron chi connectivity index (χ2n) is 10.2. The van der Waals surface area contributed by atoms with E-state index in [9.17, 15) is 22.4 Å². The first-order valence-corrected chi connectivity index (χ1v) is 16.1. The number of amides is 2. The average Bonchev–Trinajstić information content (AvgIpc) is 2.98. The molecule has 0 unspecified atom stereocenters. The second-order valence-corrected chi connectivity index (χ2v) is 13.0. The molecule has 1 aliphatic rings. The summed E-state index contributed by atoms with van der Waals surface area (Å²) in [7, 11) is -4.13. The van der Waals surface area contributed by atoms with Crippen molar-refractivity contribution in [2.45, 2.75) is 69.0 Å². The number of carbonyl (C=O) groups is 2. The van der Waals surface area contributed by atoms with Crippen molar-refractivity contribution >= 4 is 43.5 Å². The highest BCUT2D eigenvalue weighted by Crippen LogP contribution is 2.26. The molecule has 0 saturated heterocycles. The zero-order valence-corrected chi connectivity index (χ0v) is 25.4. The van der Waals surface area contributed by atoms with Gasteiger partial charge in [-0.3, -0.25) is 13.9 Å². The number of hydrogen-bond donors (Lipinski definition) is 1. The molecule has 10 heteroatoms. The Bertz CT molecular complexity index is 1410. The minimum atomic E-state index is -4.13. The van der Waals surface area contributed by atoms with Gasteiger partial charge in [0, 0.05) is 17.1 Å². The van der Waals surface area contributed by atoms with Crippen LogP contribution in [-0.2, 0) is 26.2 Å². The van der Waals surface area contributed by atoms with Crippen LogP contribution in [0, 0.1) is 5.82 Å². The third kappa shape index (κ3) is 7.95. The predicted molar refractivity (Wildman–Crippen MR) is 161 cm³/mol. The molecular weight excluding hydrogens is 609 g/mol. The van der Waals surface area contributed by atoms with Gasteiger partial charge in [-0.1, -0.05) is 72.4 Å². The van der Waals surface area contributed by atoms with E-state index in [-0.39, 0.29) is 23.4 Å². The lowest BCUT2D eigenvalue weighted by Crippen LogP contribution is -2.54. The lowest BCUT2D eigenvalue weighted by Gasteiger charge is -2.34. The molecule has 3 aromatic rings. The zero-order valence-electron chi connectivity index (χ0n) is 23.0. The molecule has 1 fully saturated rings. The Morgan fingerprint density at radius 1 is 0.951 bits per heavy atom. The standard InChI is InChI=1S/C31H35BrFN3O4S/c1-2-29(31(38)34-26-9-5-3-6-10-26)35(21-23-13-17-25(33)18-14-23)30(37)22-36(27-19-15-24(32)16-20-27)41(39,40)28-11-7-4-8-12-28/h4,7-8,11-20,26,29H,2-3,5-6,9-10,21-22H2,1H3,(H,34,38)/t29-/m1/s1. The van der Waals surface area contributed by atoms with Gasteiger partial charge < -0.3 is 10.2 Å². The molecule has 0 spiro atoms. The molecule has 0 bridgehead atoms. The second kappa shape index (κ2) is 14.1. The van der Waals surface area contributed by atoms with Crippen LogP contribution in [0.2, 0.25) is 0 Å².